The van der Waals surface area contributed by atoms with Crippen molar-refractivity contribution in [2.75, 3.05) is 11.9 Å². The Morgan fingerprint density at radius 1 is 1.06 bits per heavy atom. The van der Waals surface area contributed by atoms with Crippen molar-refractivity contribution in [2.24, 2.45) is 0 Å². The van der Waals surface area contributed by atoms with Crippen molar-refractivity contribution in [1.82, 2.24) is 10.3 Å². The van der Waals surface area contributed by atoms with Crippen LogP contribution in [0, 0.1) is 6.92 Å². The van der Waals surface area contributed by atoms with E-state index in [4.69, 9.17) is 4.74 Å². The van der Waals surface area contributed by atoms with E-state index >= 15 is 0 Å². The molecule has 6 nitrogen and oxygen atoms in total. The summed E-state index contributed by atoms with van der Waals surface area (Å²) in [5.41, 5.74) is 1.21. The van der Waals surface area contributed by atoms with Gasteiger partial charge in [-0.3, -0.25) is 9.59 Å². The third-order valence-electron chi connectivity index (χ3n) is 4.04. The van der Waals surface area contributed by atoms with E-state index < -0.39 is 24.5 Å². The summed E-state index contributed by atoms with van der Waals surface area (Å²) in [5, 5.41) is 6.42. The number of hydrogen-bond donors (Lipinski definition) is 2. The molecule has 2 aromatic carbocycles. The second kappa shape index (κ2) is 9.61. The van der Waals surface area contributed by atoms with Gasteiger partial charge >= 0.3 is 6.18 Å². The number of hydrogen-bond acceptors (Lipinski definition) is 5. The molecule has 2 N–H and O–H groups in total. The monoisotopic (exact) mass is 449 g/mol. The quantitative estimate of drug-likeness (QED) is 0.554. The number of nitrogens with zero attached hydrogens (tertiary/aromatic N) is 1. The molecule has 1 heterocycles. The van der Waals surface area contributed by atoms with Crippen LogP contribution in [0.4, 0.5) is 18.9 Å². The van der Waals surface area contributed by atoms with Crippen molar-refractivity contribution in [3.05, 3.63) is 75.7 Å². The first kappa shape index (κ1) is 22.3. The van der Waals surface area contributed by atoms with Crippen molar-refractivity contribution in [2.45, 2.75) is 19.7 Å². The van der Waals surface area contributed by atoms with Crippen LogP contribution >= 0.6 is 11.3 Å². The molecular weight excluding hydrogens is 431 g/mol. The molecule has 0 aliphatic carbocycles. The molecule has 10 heteroatoms. The van der Waals surface area contributed by atoms with E-state index in [-0.39, 0.29) is 23.6 Å². The minimum Gasteiger partial charge on any atom is -0.486 e. The molecule has 0 atom stereocenters. The number of amides is 2. The van der Waals surface area contributed by atoms with Gasteiger partial charge in [-0.1, -0.05) is 29.8 Å². The number of carbonyl (C=O) groups is 2. The van der Waals surface area contributed by atoms with Gasteiger partial charge < -0.3 is 15.4 Å². The molecule has 0 unspecified atom stereocenters. The van der Waals surface area contributed by atoms with Crippen LogP contribution in [0.25, 0.3) is 0 Å². The SMILES string of the molecule is Cc1ccc(OCc2nc(C(=O)Nc3ccccc3C(=O)NCC(F)(F)F)cs2)cc1. The highest BCUT2D eigenvalue weighted by Crippen LogP contribution is 2.20. The zero-order valence-corrected chi connectivity index (χ0v) is 17.1. The predicted octanol–water partition coefficient (Wildman–Crippen LogP) is 4.57. The first-order valence-corrected chi connectivity index (χ1v) is 9.98. The number of ether oxygens (including phenoxy) is 1. The number of nitrogens with one attached hydrogen (secondary N) is 2. The van der Waals surface area contributed by atoms with Gasteiger partial charge in [0.05, 0.1) is 11.3 Å². The van der Waals surface area contributed by atoms with Gasteiger partial charge in [0.15, 0.2) is 0 Å². The van der Waals surface area contributed by atoms with Crippen molar-refractivity contribution < 1.29 is 27.5 Å². The summed E-state index contributed by atoms with van der Waals surface area (Å²) < 4.78 is 42.7. The van der Waals surface area contributed by atoms with E-state index in [2.05, 4.69) is 10.3 Å². The maximum atomic E-state index is 12.5. The second-order valence-electron chi connectivity index (χ2n) is 6.53. The number of thiazole rings is 1. The lowest BCUT2D eigenvalue weighted by Gasteiger charge is -2.12. The number of alkyl halides is 3. The van der Waals surface area contributed by atoms with Crippen LogP contribution in [-0.2, 0) is 6.61 Å². The number of carbonyl (C=O) groups excluding carboxylic acids is 2. The van der Waals surface area contributed by atoms with Gasteiger partial charge in [0, 0.05) is 5.38 Å². The Labute approximate surface area is 180 Å². The number of aryl methyl sites for hydroxylation is 1. The Balaban J connectivity index is 1.63. The van der Waals surface area contributed by atoms with E-state index in [1.165, 1.54) is 34.9 Å². The first-order chi connectivity index (χ1) is 14.7. The lowest BCUT2D eigenvalue weighted by molar-refractivity contribution is -0.123. The topological polar surface area (TPSA) is 80.3 Å². The van der Waals surface area contributed by atoms with Crippen LogP contribution in [0.5, 0.6) is 5.75 Å². The molecule has 1 aromatic heterocycles. The summed E-state index contributed by atoms with van der Waals surface area (Å²) in [6.07, 6.45) is -4.54. The lowest BCUT2D eigenvalue weighted by atomic mass is 10.1. The highest BCUT2D eigenvalue weighted by atomic mass is 32.1. The summed E-state index contributed by atoms with van der Waals surface area (Å²) in [6.45, 7) is 0.676. The molecule has 0 saturated carbocycles. The van der Waals surface area contributed by atoms with Crippen molar-refractivity contribution in [1.29, 1.82) is 0 Å². The summed E-state index contributed by atoms with van der Waals surface area (Å²) in [5.74, 6) is -0.863. The lowest BCUT2D eigenvalue weighted by Crippen LogP contribution is -2.34. The van der Waals surface area contributed by atoms with Crippen molar-refractivity contribution in [3.8, 4) is 5.75 Å². The molecule has 3 aromatic rings. The van der Waals surface area contributed by atoms with Crippen LogP contribution in [0.2, 0.25) is 0 Å². The van der Waals surface area contributed by atoms with Crippen LogP contribution in [0.1, 0.15) is 31.4 Å². The maximum Gasteiger partial charge on any atom is 0.405 e. The van der Waals surface area contributed by atoms with Gasteiger partial charge in [-0.25, -0.2) is 4.98 Å². The summed E-state index contributed by atoms with van der Waals surface area (Å²) >= 11 is 1.23. The number of para-hydroxylation sites is 1. The molecule has 0 aliphatic heterocycles. The highest BCUT2D eigenvalue weighted by molar-refractivity contribution is 7.09. The Bertz CT molecular complexity index is 1070. The van der Waals surface area contributed by atoms with Gasteiger partial charge in [-0.2, -0.15) is 13.2 Å². The molecular formula is C21H18F3N3O3S. The first-order valence-electron chi connectivity index (χ1n) is 9.10. The molecule has 162 valence electrons. The molecule has 0 aliphatic rings. The molecule has 31 heavy (non-hydrogen) atoms. The van der Waals surface area contributed by atoms with Crippen molar-refractivity contribution >= 4 is 28.8 Å². The van der Waals surface area contributed by atoms with Crippen molar-refractivity contribution in [3.63, 3.8) is 0 Å². The van der Waals surface area contributed by atoms with E-state index in [9.17, 15) is 22.8 Å². The predicted molar refractivity (Wildman–Crippen MR) is 110 cm³/mol. The van der Waals surface area contributed by atoms with Crippen LogP contribution in [-0.4, -0.2) is 29.5 Å². The van der Waals surface area contributed by atoms with E-state index in [0.29, 0.717) is 10.8 Å². The van der Waals surface area contributed by atoms with Gasteiger partial charge in [0.25, 0.3) is 11.8 Å². The van der Waals surface area contributed by atoms with E-state index in [1.807, 2.05) is 31.2 Å². The fourth-order valence-electron chi connectivity index (χ4n) is 2.51. The maximum absolute atomic E-state index is 12.5. The van der Waals surface area contributed by atoms with Crippen LogP contribution < -0.4 is 15.4 Å². The molecule has 0 fully saturated rings. The fourth-order valence-corrected chi connectivity index (χ4v) is 3.20. The smallest absolute Gasteiger partial charge is 0.405 e. The van der Waals surface area contributed by atoms with Crippen LogP contribution in [0.15, 0.2) is 53.9 Å². The Morgan fingerprint density at radius 3 is 2.48 bits per heavy atom. The Kier molecular flexibility index (Phi) is 6.91. The third-order valence-corrected chi connectivity index (χ3v) is 4.86. The summed E-state index contributed by atoms with van der Waals surface area (Å²) in [6, 6.07) is 13.3. The molecule has 0 bridgehead atoms. The average molecular weight is 449 g/mol. The number of benzene rings is 2. The minimum atomic E-state index is -4.54. The largest absolute Gasteiger partial charge is 0.486 e. The fraction of sp³-hybridized carbons (Fsp3) is 0.190. The van der Waals surface area contributed by atoms with Gasteiger partial charge in [0.2, 0.25) is 0 Å². The standard InChI is InChI=1S/C21H18F3N3O3S/c1-13-6-8-14(9-7-13)30-10-18-26-17(11-31-18)20(29)27-16-5-3-2-4-15(16)19(28)25-12-21(22,23)24/h2-9,11H,10,12H2,1H3,(H,25,28)(H,27,29). The van der Waals surface area contributed by atoms with Gasteiger partial charge in [-0.15, -0.1) is 11.3 Å². The second-order valence-corrected chi connectivity index (χ2v) is 7.47. The minimum absolute atomic E-state index is 0.0811. The molecule has 0 saturated heterocycles. The number of halogens is 3. The Hall–Kier alpha value is -3.40. The van der Waals surface area contributed by atoms with E-state index in [1.54, 1.807) is 11.4 Å². The summed E-state index contributed by atoms with van der Waals surface area (Å²) in [4.78, 5) is 28.8. The highest BCUT2D eigenvalue weighted by Gasteiger charge is 2.28. The van der Waals surface area contributed by atoms with Gasteiger partial charge in [-0.05, 0) is 31.2 Å². The molecule has 0 radical (unpaired) electrons. The van der Waals surface area contributed by atoms with Crippen LogP contribution in [0.3, 0.4) is 0 Å². The molecule has 2 amide bonds. The normalized spacial score (nSPS) is 11.1. The van der Waals surface area contributed by atoms with E-state index in [0.717, 1.165) is 5.56 Å². The number of aromatic nitrogens is 1. The zero-order chi connectivity index (χ0) is 22.4. The number of rotatable bonds is 7. The third kappa shape index (κ3) is 6.54. The summed E-state index contributed by atoms with van der Waals surface area (Å²) in [7, 11) is 0. The molecule has 3 rings (SSSR count). The molecule has 0 spiro atoms. The zero-order valence-electron chi connectivity index (χ0n) is 16.3. The average Bonchev–Trinajstić information content (AvgIpc) is 3.21. The number of anilines is 1. The Morgan fingerprint density at radius 2 is 1.77 bits per heavy atom. The van der Waals surface area contributed by atoms with Gasteiger partial charge in [0.1, 0.15) is 29.6 Å².